The number of hydrogen-bond acceptors (Lipinski definition) is 5. The summed E-state index contributed by atoms with van der Waals surface area (Å²) < 4.78 is 11.4. The molecule has 2 aromatic rings. The first-order valence-electron chi connectivity index (χ1n) is 4.42. The van der Waals surface area contributed by atoms with Gasteiger partial charge in [-0.05, 0) is 6.92 Å². The first kappa shape index (κ1) is 9.45. The molecular weight excluding hydrogens is 198 g/mol. The fourth-order valence-electron chi connectivity index (χ4n) is 1.05. The van der Waals surface area contributed by atoms with Crippen LogP contribution in [0.5, 0.6) is 0 Å². The number of esters is 1. The normalized spacial score (nSPS) is 10.2. The fourth-order valence-corrected chi connectivity index (χ4v) is 1.05. The first-order valence-corrected chi connectivity index (χ1v) is 4.42. The molecule has 6 nitrogen and oxygen atoms in total. The molecule has 2 rings (SSSR count). The van der Waals surface area contributed by atoms with Gasteiger partial charge in [-0.2, -0.15) is 4.98 Å². The molecule has 0 atom stereocenters. The van der Waals surface area contributed by atoms with Crippen molar-refractivity contribution in [2.45, 2.75) is 6.92 Å². The van der Waals surface area contributed by atoms with Crippen molar-refractivity contribution in [3.63, 3.8) is 0 Å². The summed E-state index contributed by atoms with van der Waals surface area (Å²) in [4.78, 5) is 19.0. The fraction of sp³-hybridized carbons (Fsp3) is 0.222. The molecule has 0 unspecified atom stereocenters. The zero-order valence-corrected chi connectivity index (χ0v) is 8.08. The third-order valence-corrected chi connectivity index (χ3v) is 1.70. The zero-order chi connectivity index (χ0) is 10.7. The summed E-state index contributed by atoms with van der Waals surface area (Å²) >= 11 is 0. The van der Waals surface area contributed by atoms with E-state index in [0.717, 1.165) is 0 Å². The van der Waals surface area contributed by atoms with Crippen molar-refractivity contribution in [3.05, 3.63) is 30.7 Å². The number of carbonyl (C=O) groups excluding carboxylic acids is 1. The van der Waals surface area contributed by atoms with Crippen molar-refractivity contribution >= 4 is 5.97 Å². The predicted octanol–water partition coefficient (Wildman–Crippen LogP) is 1.04. The van der Waals surface area contributed by atoms with Crippen LogP contribution in [-0.2, 0) is 4.74 Å². The van der Waals surface area contributed by atoms with Crippen LogP contribution in [0.4, 0.5) is 0 Å². The Kier molecular flexibility index (Phi) is 2.49. The number of hydrogen-bond donors (Lipinski definition) is 0. The summed E-state index contributed by atoms with van der Waals surface area (Å²) in [5.74, 6) is -0.493. The molecule has 2 heterocycles. The highest BCUT2D eigenvalue weighted by Crippen LogP contribution is 2.08. The van der Waals surface area contributed by atoms with Crippen molar-refractivity contribution in [2.75, 3.05) is 6.61 Å². The highest BCUT2D eigenvalue weighted by atomic mass is 16.5. The van der Waals surface area contributed by atoms with Crippen LogP contribution in [0, 0.1) is 0 Å². The maximum Gasteiger partial charge on any atom is 0.360 e. The zero-order valence-electron chi connectivity index (χ0n) is 8.08. The highest BCUT2D eigenvalue weighted by Gasteiger charge is 2.13. The van der Waals surface area contributed by atoms with Crippen molar-refractivity contribution in [2.24, 2.45) is 0 Å². The second kappa shape index (κ2) is 3.95. The molecule has 78 valence electrons. The smallest absolute Gasteiger partial charge is 0.360 e. The van der Waals surface area contributed by atoms with E-state index in [4.69, 9.17) is 9.15 Å². The molecule has 15 heavy (non-hydrogen) atoms. The van der Waals surface area contributed by atoms with Crippen LogP contribution in [0.15, 0.2) is 29.4 Å². The molecule has 0 aliphatic rings. The van der Waals surface area contributed by atoms with Gasteiger partial charge < -0.3 is 9.15 Å². The van der Waals surface area contributed by atoms with Crippen molar-refractivity contribution in [3.8, 4) is 6.01 Å². The second-order valence-corrected chi connectivity index (χ2v) is 2.71. The lowest BCUT2D eigenvalue weighted by Crippen LogP contribution is -2.05. The van der Waals surface area contributed by atoms with E-state index in [9.17, 15) is 4.79 Å². The molecule has 0 bridgehead atoms. The summed E-state index contributed by atoms with van der Waals surface area (Å²) in [6.45, 7) is 2.04. The molecule has 0 spiro atoms. The maximum absolute atomic E-state index is 11.3. The van der Waals surface area contributed by atoms with Gasteiger partial charge >= 0.3 is 12.0 Å². The lowest BCUT2D eigenvalue weighted by atomic mass is 10.5. The van der Waals surface area contributed by atoms with Gasteiger partial charge in [-0.3, -0.25) is 4.57 Å². The Labute approximate surface area is 85.5 Å². The van der Waals surface area contributed by atoms with Gasteiger partial charge in [0.1, 0.15) is 12.6 Å². The third-order valence-electron chi connectivity index (χ3n) is 1.70. The van der Waals surface area contributed by atoms with Gasteiger partial charge in [0.15, 0.2) is 5.69 Å². The first-order chi connectivity index (χ1) is 7.31. The van der Waals surface area contributed by atoms with Crippen molar-refractivity contribution < 1.29 is 13.9 Å². The molecule has 0 aliphatic carbocycles. The minimum Gasteiger partial charge on any atom is -0.461 e. The van der Waals surface area contributed by atoms with E-state index in [1.54, 1.807) is 23.9 Å². The third kappa shape index (κ3) is 1.88. The molecular formula is C9H9N3O3. The van der Waals surface area contributed by atoms with Crippen LogP contribution in [0.2, 0.25) is 0 Å². The Bertz CT molecular complexity index is 447. The van der Waals surface area contributed by atoms with Crippen LogP contribution in [0.25, 0.3) is 6.01 Å². The quantitative estimate of drug-likeness (QED) is 0.703. The molecule has 6 heteroatoms. The number of imidazole rings is 1. The average Bonchev–Trinajstić information content (AvgIpc) is 2.89. The number of carbonyl (C=O) groups is 1. The molecule has 0 saturated carbocycles. The molecule has 0 amide bonds. The predicted molar refractivity (Wildman–Crippen MR) is 49.6 cm³/mol. The maximum atomic E-state index is 11.3. The molecule has 0 fully saturated rings. The number of oxazole rings is 1. The van der Waals surface area contributed by atoms with Gasteiger partial charge in [-0.25, -0.2) is 9.78 Å². The topological polar surface area (TPSA) is 70.2 Å². The Balaban J connectivity index is 2.21. The standard InChI is InChI=1S/C9H9N3O3/c1-2-14-8(13)7-5-15-9(11-7)12-4-3-10-6-12/h3-6H,2H2,1H3. The van der Waals surface area contributed by atoms with Crippen molar-refractivity contribution in [1.29, 1.82) is 0 Å². The Morgan fingerprint density at radius 3 is 3.20 bits per heavy atom. The summed E-state index contributed by atoms with van der Waals surface area (Å²) in [6.07, 6.45) is 6.04. The van der Waals surface area contributed by atoms with Crippen LogP contribution >= 0.6 is 0 Å². The lowest BCUT2D eigenvalue weighted by molar-refractivity contribution is 0.0519. The van der Waals surface area contributed by atoms with Gasteiger partial charge in [-0.15, -0.1) is 0 Å². The summed E-state index contributed by atoms with van der Waals surface area (Å²) in [6, 6.07) is 0.288. The van der Waals surface area contributed by atoms with E-state index in [-0.39, 0.29) is 11.7 Å². The number of ether oxygens (including phenoxy) is 1. The minimum atomic E-state index is -0.493. The molecule has 0 saturated heterocycles. The molecule has 0 N–H and O–H groups in total. The van der Waals surface area contributed by atoms with Crippen molar-refractivity contribution in [1.82, 2.24) is 14.5 Å². The monoisotopic (exact) mass is 207 g/mol. The molecule has 0 aliphatic heterocycles. The van der Waals surface area contributed by atoms with Gasteiger partial charge in [0.05, 0.1) is 6.61 Å². The van der Waals surface area contributed by atoms with Crippen LogP contribution < -0.4 is 0 Å². The largest absolute Gasteiger partial charge is 0.461 e. The molecule has 2 aromatic heterocycles. The molecule has 0 aromatic carbocycles. The Morgan fingerprint density at radius 1 is 1.67 bits per heavy atom. The number of rotatable bonds is 3. The minimum absolute atomic E-state index is 0.153. The van der Waals surface area contributed by atoms with Gasteiger partial charge in [0.2, 0.25) is 0 Å². The average molecular weight is 207 g/mol. The van der Waals surface area contributed by atoms with E-state index in [1.807, 2.05) is 0 Å². The summed E-state index contributed by atoms with van der Waals surface area (Å²) in [5, 5.41) is 0. The van der Waals surface area contributed by atoms with Crippen LogP contribution in [0.3, 0.4) is 0 Å². The molecule has 0 radical (unpaired) electrons. The van der Waals surface area contributed by atoms with Gasteiger partial charge in [-0.1, -0.05) is 0 Å². The second-order valence-electron chi connectivity index (χ2n) is 2.71. The SMILES string of the molecule is CCOC(=O)c1coc(-n2ccnc2)n1. The summed E-state index contributed by atoms with van der Waals surface area (Å²) in [7, 11) is 0. The van der Waals surface area contributed by atoms with Crippen LogP contribution in [0.1, 0.15) is 17.4 Å². The van der Waals surface area contributed by atoms with Gasteiger partial charge in [0.25, 0.3) is 0 Å². The van der Waals surface area contributed by atoms with E-state index in [2.05, 4.69) is 9.97 Å². The van der Waals surface area contributed by atoms with E-state index >= 15 is 0 Å². The Hall–Kier alpha value is -2.11. The van der Waals surface area contributed by atoms with Crippen LogP contribution in [-0.4, -0.2) is 27.1 Å². The highest BCUT2D eigenvalue weighted by molar-refractivity contribution is 5.86. The van der Waals surface area contributed by atoms with Gasteiger partial charge in [0, 0.05) is 12.4 Å². The van der Waals surface area contributed by atoms with E-state index < -0.39 is 5.97 Å². The number of aromatic nitrogens is 3. The van der Waals surface area contributed by atoms with E-state index in [0.29, 0.717) is 6.61 Å². The lowest BCUT2D eigenvalue weighted by Gasteiger charge is -1.95. The van der Waals surface area contributed by atoms with E-state index in [1.165, 1.54) is 12.6 Å². The Morgan fingerprint density at radius 2 is 2.53 bits per heavy atom. The number of nitrogens with zero attached hydrogens (tertiary/aromatic N) is 3. The summed E-state index contributed by atoms with van der Waals surface area (Å²) in [5.41, 5.74) is 0.153.